The molecule has 17 heavy (non-hydrogen) atoms. The van der Waals surface area contributed by atoms with Gasteiger partial charge in [-0.05, 0) is 34.9 Å². The number of rotatable bonds is 2. The highest BCUT2D eigenvalue weighted by Crippen LogP contribution is 2.24. The van der Waals surface area contributed by atoms with Gasteiger partial charge in [0.15, 0.2) is 0 Å². The average molecular weight is 242 g/mol. The largest absolute Gasteiger partial charge is 0.392 e. The van der Waals surface area contributed by atoms with Gasteiger partial charge >= 0.3 is 0 Å². The fourth-order valence-corrected chi connectivity index (χ4v) is 2.33. The van der Waals surface area contributed by atoms with Gasteiger partial charge < -0.3 is 5.11 Å². The summed E-state index contributed by atoms with van der Waals surface area (Å²) in [5.41, 5.74) is 4.95. The second-order valence-corrected chi connectivity index (χ2v) is 4.35. The highest BCUT2D eigenvalue weighted by atomic mass is 32.1. The lowest BCUT2D eigenvalue weighted by molar-refractivity contribution is 0.282. The summed E-state index contributed by atoms with van der Waals surface area (Å²) in [5, 5.41) is 9.13. The minimum absolute atomic E-state index is 0.0638. The van der Waals surface area contributed by atoms with Gasteiger partial charge in [0.05, 0.1) is 18.3 Å². The van der Waals surface area contributed by atoms with Crippen LogP contribution in [0.2, 0.25) is 0 Å². The molecule has 3 rings (SSSR count). The fraction of sp³-hybridized carbons (Fsp3) is 0.0769. The van der Waals surface area contributed by atoms with Crippen molar-refractivity contribution >= 4 is 22.8 Å². The summed E-state index contributed by atoms with van der Waals surface area (Å²) in [6.45, 7) is 0.0638. The summed E-state index contributed by atoms with van der Waals surface area (Å²) in [5.74, 6) is 0. The first kappa shape index (κ1) is 10.4. The molecule has 1 heterocycles. The van der Waals surface area contributed by atoms with Crippen molar-refractivity contribution in [2.75, 3.05) is 0 Å². The monoisotopic (exact) mass is 242 g/mol. The van der Waals surface area contributed by atoms with Gasteiger partial charge in [0.1, 0.15) is 11.0 Å². The number of nitrogens with zero attached hydrogens (tertiary/aromatic N) is 2. The van der Waals surface area contributed by atoms with Crippen molar-refractivity contribution in [3.8, 4) is 11.1 Å². The molecule has 0 saturated heterocycles. The van der Waals surface area contributed by atoms with Crippen molar-refractivity contribution in [2.45, 2.75) is 6.61 Å². The molecule has 1 N–H and O–H groups in total. The first-order chi connectivity index (χ1) is 8.36. The molecule has 0 bridgehead atoms. The van der Waals surface area contributed by atoms with Gasteiger partial charge in [-0.15, -0.1) is 0 Å². The number of fused-ring (bicyclic) bond motifs is 1. The summed E-state index contributed by atoms with van der Waals surface area (Å²) in [7, 11) is 0. The second-order valence-electron chi connectivity index (χ2n) is 3.83. The summed E-state index contributed by atoms with van der Waals surface area (Å²) in [6.07, 6.45) is 0. The van der Waals surface area contributed by atoms with Crippen LogP contribution in [0.1, 0.15) is 5.56 Å². The van der Waals surface area contributed by atoms with E-state index in [1.807, 2.05) is 42.5 Å². The van der Waals surface area contributed by atoms with Crippen LogP contribution >= 0.6 is 11.7 Å². The van der Waals surface area contributed by atoms with Crippen molar-refractivity contribution in [1.29, 1.82) is 0 Å². The molecule has 0 radical (unpaired) electrons. The summed E-state index contributed by atoms with van der Waals surface area (Å²) < 4.78 is 8.41. The van der Waals surface area contributed by atoms with Crippen LogP contribution in [-0.2, 0) is 6.61 Å². The molecule has 0 saturated carbocycles. The van der Waals surface area contributed by atoms with E-state index < -0.39 is 0 Å². The van der Waals surface area contributed by atoms with Gasteiger partial charge in [-0.25, -0.2) is 0 Å². The molecule has 0 spiro atoms. The highest BCUT2D eigenvalue weighted by molar-refractivity contribution is 7.00. The van der Waals surface area contributed by atoms with Gasteiger partial charge in [0.2, 0.25) is 0 Å². The van der Waals surface area contributed by atoms with E-state index in [0.717, 1.165) is 27.7 Å². The Hall–Kier alpha value is -1.78. The molecule has 1 aromatic heterocycles. The summed E-state index contributed by atoms with van der Waals surface area (Å²) >= 11 is 1.22. The molecular weight excluding hydrogens is 232 g/mol. The Labute approximate surface area is 103 Å². The van der Waals surface area contributed by atoms with E-state index >= 15 is 0 Å². The Morgan fingerprint density at radius 3 is 2.65 bits per heavy atom. The number of aromatic nitrogens is 2. The van der Waals surface area contributed by atoms with E-state index in [4.69, 9.17) is 5.11 Å². The maximum Gasteiger partial charge on any atom is 0.105 e. The molecule has 4 heteroatoms. The number of aliphatic hydroxyl groups is 1. The van der Waals surface area contributed by atoms with Crippen molar-refractivity contribution in [3.05, 3.63) is 48.0 Å². The second kappa shape index (κ2) is 4.24. The normalized spacial score (nSPS) is 10.9. The molecule has 0 aliphatic rings. The van der Waals surface area contributed by atoms with Crippen LogP contribution in [0.3, 0.4) is 0 Å². The quantitative estimate of drug-likeness (QED) is 0.751. The first-order valence-corrected chi connectivity index (χ1v) is 6.02. The molecule has 84 valence electrons. The van der Waals surface area contributed by atoms with Gasteiger partial charge in [0, 0.05) is 0 Å². The number of hydrogen-bond donors (Lipinski definition) is 1. The lowest BCUT2D eigenvalue weighted by atomic mass is 10.0. The molecule has 0 unspecified atom stereocenters. The zero-order valence-corrected chi connectivity index (χ0v) is 9.81. The van der Waals surface area contributed by atoms with Crippen molar-refractivity contribution in [2.24, 2.45) is 0 Å². The van der Waals surface area contributed by atoms with Crippen molar-refractivity contribution < 1.29 is 5.11 Å². The maximum absolute atomic E-state index is 9.13. The lowest BCUT2D eigenvalue weighted by Gasteiger charge is -2.03. The predicted octanol–water partition coefficient (Wildman–Crippen LogP) is 2.85. The third kappa shape index (κ3) is 1.92. The van der Waals surface area contributed by atoms with Crippen LogP contribution in [0.25, 0.3) is 22.2 Å². The van der Waals surface area contributed by atoms with E-state index in [2.05, 4.69) is 8.75 Å². The van der Waals surface area contributed by atoms with Gasteiger partial charge in [-0.1, -0.05) is 24.3 Å². The summed E-state index contributed by atoms with van der Waals surface area (Å²) in [6, 6.07) is 13.9. The molecule has 0 amide bonds. The third-order valence-electron chi connectivity index (χ3n) is 2.70. The molecular formula is C13H10N2OS. The van der Waals surface area contributed by atoms with Crippen LogP contribution in [0.5, 0.6) is 0 Å². The Balaban J connectivity index is 2.12. The van der Waals surface area contributed by atoms with Crippen LogP contribution in [-0.4, -0.2) is 13.9 Å². The Bertz CT molecular complexity index is 663. The van der Waals surface area contributed by atoms with Crippen LogP contribution < -0.4 is 0 Å². The number of benzene rings is 2. The lowest BCUT2D eigenvalue weighted by Crippen LogP contribution is -1.84. The molecule has 0 aliphatic heterocycles. The van der Waals surface area contributed by atoms with Crippen molar-refractivity contribution in [3.63, 3.8) is 0 Å². The van der Waals surface area contributed by atoms with Crippen LogP contribution in [0, 0.1) is 0 Å². The molecule has 3 aromatic rings. The molecule has 0 atom stereocenters. The molecule has 0 aliphatic carbocycles. The zero-order valence-electron chi connectivity index (χ0n) is 9.00. The van der Waals surface area contributed by atoms with Crippen LogP contribution in [0.4, 0.5) is 0 Å². The summed E-state index contributed by atoms with van der Waals surface area (Å²) in [4.78, 5) is 0. The van der Waals surface area contributed by atoms with Gasteiger partial charge in [-0.2, -0.15) is 8.75 Å². The third-order valence-corrected chi connectivity index (χ3v) is 3.25. The standard InChI is InChI=1S/C13H10N2OS/c16-8-9-2-1-3-10(6-9)11-4-5-12-13(7-11)15-17-14-12/h1-7,16H,8H2. The maximum atomic E-state index is 9.13. The SMILES string of the molecule is OCc1cccc(-c2ccc3nsnc3c2)c1. The van der Waals surface area contributed by atoms with E-state index in [-0.39, 0.29) is 6.61 Å². The Kier molecular flexibility index (Phi) is 2.59. The van der Waals surface area contributed by atoms with Crippen LogP contribution in [0.15, 0.2) is 42.5 Å². The topological polar surface area (TPSA) is 46.0 Å². The van der Waals surface area contributed by atoms with Gasteiger partial charge in [-0.3, -0.25) is 0 Å². The van der Waals surface area contributed by atoms with E-state index in [1.54, 1.807) is 0 Å². The highest BCUT2D eigenvalue weighted by Gasteiger charge is 2.03. The van der Waals surface area contributed by atoms with Gasteiger partial charge in [0.25, 0.3) is 0 Å². The van der Waals surface area contributed by atoms with Crippen molar-refractivity contribution in [1.82, 2.24) is 8.75 Å². The Morgan fingerprint density at radius 2 is 1.76 bits per heavy atom. The number of aliphatic hydroxyl groups excluding tert-OH is 1. The zero-order chi connectivity index (χ0) is 11.7. The van der Waals surface area contributed by atoms with E-state index in [0.29, 0.717) is 0 Å². The Morgan fingerprint density at radius 1 is 0.941 bits per heavy atom. The minimum atomic E-state index is 0.0638. The predicted molar refractivity (Wildman–Crippen MR) is 68.8 cm³/mol. The smallest absolute Gasteiger partial charge is 0.105 e. The average Bonchev–Trinajstić information content (AvgIpc) is 2.86. The first-order valence-electron chi connectivity index (χ1n) is 5.29. The fourth-order valence-electron chi connectivity index (χ4n) is 1.81. The molecule has 0 fully saturated rings. The van der Waals surface area contributed by atoms with E-state index in [1.165, 1.54) is 11.7 Å². The number of hydrogen-bond acceptors (Lipinski definition) is 4. The van der Waals surface area contributed by atoms with E-state index in [9.17, 15) is 0 Å². The molecule has 2 aromatic carbocycles. The molecule has 3 nitrogen and oxygen atoms in total. The minimum Gasteiger partial charge on any atom is -0.392 e.